The Balaban J connectivity index is 1.38. The Bertz CT molecular complexity index is 1560. The molecule has 2 amide bonds. The minimum absolute atomic E-state index is 0.0886. The number of hydrogen-bond acceptors (Lipinski definition) is 7. The monoisotopic (exact) mass is 600 g/mol. The SMILES string of the molecule is COc1cc(/C=C2/C(C)=C(CC(=O)NCc3ccccn3)c3cc(F)ccc32)cc(OC)c1OCC(=O)NC1CCNCC1. The Morgan fingerprint density at radius 3 is 2.45 bits per heavy atom. The predicted molar refractivity (Wildman–Crippen MR) is 167 cm³/mol. The lowest BCUT2D eigenvalue weighted by molar-refractivity contribution is -0.124. The maximum absolute atomic E-state index is 14.4. The van der Waals surface area contributed by atoms with E-state index in [2.05, 4.69) is 20.9 Å². The van der Waals surface area contributed by atoms with E-state index in [9.17, 15) is 14.0 Å². The Kier molecular flexibility index (Phi) is 9.91. The molecule has 1 fully saturated rings. The van der Waals surface area contributed by atoms with Gasteiger partial charge < -0.3 is 30.2 Å². The highest BCUT2D eigenvalue weighted by atomic mass is 19.1. The smallest absolute Gasteiger partial charge is 0.258 e. The number of pyridine rings is 1. The number of amides is 2. The number of halogens is 1. The zero-order valence-corrected chi connectivity index (χ0v) is 25.2. The quantitative estimate of drug-likeness (QED) is 0.297. The van der Waals surface area contributed by atoms with Crippen LogP contribution in [0.2, 0.25) is 0 Å². The molecule has 2 heterocycles. The highest BCUT2D eigenvalue weighted by molar-refractivity contribution is 6.08. The van der Waals surface area contributed by atoms with E-state index in [1.54, 1.807) is 24.4 Å². The van der Waals surface area contributed by atoms with E-state index in [0.717, 1.165) is 59.5 Å². The number of nitrogens with zero attached hydrogens (tertiary/aromatic N) is 1. The first-order chi connectivity index (χ1) is 21.4. The van der Waals surface area contributed by atoms with Crippen LogP contribution in [0.1, 0.15) is 48.6 Å². The molecule has 2 aromatic carbocycles. The fraction of sp³-hybridized carbons (Fsp3) is 0.324. The van der Waals surface area contributed by atoms with Crippen molar-refractivity contribution in [2.75, 3.05) is 33.9 Å². The minimum Gasteiger partial charge on any atom is -0.493 e. The average Bonchev–Trinajstić information content (AvgIpc) is 3.28. The topological polar surface area (TPSA) is 111 Å². The number of aromatic nitrogens is 1. The fourth-order valence-corrected chi connectivity index (χ4v) is 5.56. The number of piperidine rings is 1. The lowest BCUT2D eigenvalue weighted by atomic mass is 10.00. The number of carbonyl (C=O) groups excluding carboxylic acids is 2. The van der Waals surface area contributed by atoms with E-state index in [4.69, 9.17) is 14.2 Å². The van der Waals surface area contributed by atoms with Gasteiger partial charge in [-0.05, 0) is 109 Å². The van der Waals surface area contributed by atoms with Gasteiger partial charge in [0, 0.05) is 12.2 Å². The van der Waals surface area contributed by atoms with Crippen molar-refractivity contribution in [3.05, 3.63) is 88.5 Å². The van der Waals surface area contributed by atoms with E-state index in [0.29, 0.717) is 29.4 Å². The van der Waals surface area contributed by atoms with Crippen LogP contribution in [0.3, 0.4) is 0 Å². The minimum atomic E-state index is -0.377. The van der Waals surface area contributed by atoms with E-state index in [-0.39, 0.29) is 36.7 Å². The zero-order valence-electron chi connectivity index (χ0n) is 25.2. The summed E-state index contributed by atoms with van der Waals surface area (Å²) in [5, 5.41) is 9.20. The standard InChI is InChI=1S/C34H37FN4O5/c1-21-27(26-8-7-23(35)17-29(26)28(21)18-32(40)38-19-25-6-4-5-11-37-25)14-22-15-30(42-2)34(31(16-22)43-3)44-20-33(41)39-24-9-12-36-13-10-24/h4-8,11,14-17,24,36H,9-10,12-13,18-20H2,1-3H3,(H,38,40)(H,39,41)/b27-14-. The maximum atomic E-state index is 14.4. The summed E-state index contributed by atoms with van der Waals surface area (Å²) in [7, 11) is 3.04. The second-order valence-corrected chi connectivity index (χ2v) is 10.8. The Labute approximate surface area is 256 Å². The summed E-state index contributed by atoms with van der Waals surface area (Å²) < 4.78 is 31.5. The van der Waals surface area contributed by atoms with Crippen molar-refractivity contribution in [1.29, 1.82) is 0 Å². The van der Waals surface area contributed by atoms with Crippen LogP contribution in [-0.4, -0.2) is 56.8 Å². The predicted octanol–water partition coefficient (Wildman–Crippen LogP) is 4.52. The van der Waals surface area contributed by atoms with Crippen molar-refractivity contribution < 1.29 is 28.2 Å². The third-order valence-corrected chi connectivity index (χ3v) is 7.83. The number of methoxy groups -OCH3 is 2. The molecule has 1 aromatic heterocycles. The molecule has 0 saturated carbocycles. The second kappa shape index (κ2) is 14.2. The van der Waals surface area contributed by atoms with Crippen LogP contribution >= 0.6 is 0 Å². The zero-order chi connectivity index (χ0) is 31.1. The molecule has 0 spiro atoms. The molecule has 10 heteroatoms. The van der Waals surface area contributed by atoms with Crippen molar-refractivity contribution in [1.82, 2.24) is 20.9 Å². The van der Waals surface area contributed by atoms with Crippen molar-refractivity contribution in [2.24, 2.45) is 0 Å². The van der Waals surface area contributed by atoms with Gasteiger partial charge in [0.1, 0.15) is 5.82 Å². The third kappa shape index (κ3) is 7.26. The van der Waals surface area contributed by atoms with Crippen LogP contribution in [0.15, 0.2) is 60.3 Å². The largest absolute Gasteiger partial charge is 0.493 e. The fourth-order valence-electron chi connectivity index (χ4n) is 5.56. The molecule has 0 radical (unpaired) electrons. The van der Waals surface area contributed by atoms with Gasteiger partial charge in [-0.1, -0.05) is 12.1 Å². The molecule has 9 nitrogen and oxygen atoms in total. The number of hydrogen-bond donors (Lipinski definition) is 3. The average molecular weight is 601 g/mol. The summed E-state index contributed by atoms with van der Waals surface area (Å²) in [6.07, 6.45) is 5.47. The van der Waals surface area contributed by atoms with Gasteiger partial charge in [0.05, 0.1) is 32.9 Å². The van der Waals surface area contributed by atoms with Gasteiger partial charge in [0.15, 0.2) is 18.1 Å². The summed E-state index contributed by atoms with van der Waals surface area (Å²) in [5.41, 5.74) is 5.48. The molecule has 44 heavy (non-hydrogen) atoms. The van der Waals surface area contributed by atoms with Crippen LogP contribution in [0.4, 0.5) is 4.39 Å². The summed E-state index contributed by atoms with van der Waals surface area (Å²) in [4.78, 5) is 29.8. The number of ether oxygens (including phenoxy) is 3. The first kappa shape index (κ1) is 30.7. The van der Waals surface area contributed by atoms with Crippen LogP contribution in [0, 0.1) is 5.82 Å². The molecular weight excluding hydrogens is 563 g/mol. The van der Waals surface area contributed by atoms with E-state index >= 15 is 0 Å². The first-order valence-electron chi connectivity index (χ1n) is 14.6. The Morgan fingerprint density at radius 2 is 1.77 bits per heavy atom. The summed E-state index contributed by atoms with van der Waals surface area (Å²) in [6, 6.07) is 13.8. The highest BCUT2D eigenvalue weighted by Crippen LogP contribution is 2.45. The Morgan fingerprint density at radius 1 is 1.02 bits per heavy atom. The van der Waals surface area contributed by atoms with E-state index in [1.165, 1.54) is 26.4 Å². The first-order valence-corrected chi connectivity index (χ1v) is 14.6. The van der Waals surface area contributed by atoms with Gasteiger partial charge in [-0.15, -0.1) is 0 Å². The molecule has 0 unspecified atom stereocenters. The molecule has 1 aliphatic heterocycles. The number of benzene rings is 2. The second-order valence-electron chi connectivity index (χ2n) is 10.8. The van der Waals surface area contributed by atoms with Crippen molar-refractivity contribution in [3.63, 3.8) is 0 Å². The number of nitrogens with one attached hydrogen (secondary N) is 3. The van der Waals surface area contributed by atoms with Gasteiger partial charge in [0.2, 0.25) is 11.7 Å². The molecule has 230 valence electrons. The van der Waals surface area contributed by atoms with E-state index in [1.807, 2.05) is 31.2 Å². The maximum Gasteiger partial charge on any atom is 0.258 e. The van der Waals surface area contributed by atoms with Crippen LogP contribution in [0.25, 0.3) is 17.2 Å². The molecule has 5 rings (SSSR count). The lowest BCUT2D eigenvalue weighted by Gasteiger charge is -2.23. The molecule has 3 aromatic rings. The highest BCUT2D eigenvalue weighted by Gasteiger charge is 2.26. The van der Waals surface area contributed by atoms with Gasteiger partial charge in [-0.25, -0.2) is 4.39 Å². The number of carbonyl (C=O) groups is 2. The van der Waals surface area contributed by atoms with Crippen molar-refractivity contribution in [2.45, 2.75) is 38.8 Å². The van der Waals surface area contributed by atoms with Crippen molar-refractivity contribution >= 4 is 29.0 Å². The number of fused-ring (bicyclic) bond motifs is 1. The molecule has 1 saturated heterocycles. The summed E-state index contributed by atoms with van der Waals surface area (Å²) in [6.45, 7) is 3.80. The van der Waals surface area contributed by atoms with E-state index < -0.39 is 0 Å². The van der Waals surface area contributed by atoms with Gasteiger partial charge in [-0.2, -0.15) is 0 Å². The lowest BCUT2D eigenvalue weighted by Crippen LogP contribution is -2.44. The molecular formula is C34H37FN4O5. The van der Waals surface area contributed by atoms with Crippen molar-refractivity contribution in [3.8, 4) is 17.2 Å². The van der Waals surface area contributed by atoms with Crippen LogP contribution < -0.4 is 30.2 Å². The Hall–Kier alpha value is -4.70. The molecule has 0 bridgehead atoms. The van der Waals surface area contributed by atoms with Gasteiger partial charge in [0.25, 0.3) is 5.91 Å². The third-order valence-electron chi connectivity index (χ3n) is 7.83. The number of allylic oxidation sites excluding steroid dienone is 2. The molecule has 2 aliphatic rings. The summed E-state index contributed by atoms with van der Waals surface area (Å²) >= 11 is 0. The van der Waals surface area contributed by atoms with Gasteiger partial charge in [-0.3, -0.25) is 14.6 Å². The van der Waals surface area contributed by atoms with Crippen LogP contribution in [0.5, 0.6) is 17.2 Å². The number of rotatable bonds is 11. The normalized spacial score (nSPS) is 15.6. The summed E-state index contributed by atoms with van der Waals surface area (Å²) in [5.74, 6) is 0.356. The van der Waals surface area contributed by atoms with Crippen LogP contribution in [-0.2, 0) is 16.1 Å². The molecule has 1 aliphatic carbocycles. The molecule has 3 N–H and O–H groups in total. The van der Waals surface area contributed by atoms with Gasteiger partial charge >= 0.3 is 0 Å². The molecule has 0 atom stereocenters.